The second-order valence-corrected chi connectivity index (χ2v) is 8.63. The van der Waals surface area contributed by atoms with Gasteiger partial charge in [-0.15, -0.1) is 11.3 Å². The summed E-state index contributed by atoms with van der Waals surface area (Å²) in [5.41, 5.74) is 1.05. The molecule has 1 aliphatic heterocycles. The van der Waals surface area contributed by atoms with Gasteiger partial charge in [0, 0.05) is 42.5 Å². The van der Waals surface area contributed by atoms with E-state index in [4.69, 9.17) is 4.74 Å². The average Bonchev–Trinajstić information content (AvgIpc) is 3.30. The van der Waals surface area contributed by atoms with E-state index in [2.05, 4.69) is 0 Å². The first-order chi connectivity index (χ1) is 14.9. The number of benzene rings is 2. The Morgan fingerprint density at radius 3 is 2.58 bits per heavy atom. The van der Waals surface area contributed by atoms with Crippen LogP contribution in [0.25, 0.3) is 11.1 Å². The molecule has 1 amide bonds. The van der Waals surface area contributed by atoms with Crippen molar-refractivity contribution in [1.29, 1.82) is 0 Å². The van der Waals surface area contributed by atoms with Crippen molar-refractivity contribution >= 4 is 17.4 Å². The average molecular weight is 444 g/mol. The van der Waals surface area contributed by atoms with Crippen molar-refractivity contribution in [3.05, 3.63) is 82.1 Å². The van der Waals surface area contributed by atoms with Crippen LogP contribution in [0, 0.1) is 11.6 Å². The second-order valence-electron chi connectivity index (χ2n) is 7.68. The number of nitrogens with zero attached hydrogens (tertiary/aromatic N) is 1. The predicted octanol–water partition coefficient (Wildman–Crippen LogP) is 5.87. The van der Waals surface area contributed by atoms with Gasteiger partial charge in [0.15, 0.2) is 5.60 Å². The van der Waals surface area contributed by atoms with Crippen LogP contribution in [0.4, 0.5) is 13.6 Å². The molecular formula is C24H23F2NO3S. The van der Waals surface area contributed by atoms with Crippen LogP contribution in [-0.2, 0) is 10.3 Å². The van der Waals surface area contributed by atoms with Gasteiger partial charge in [0.2, 0.25) is 0 Å². The molecule has 1 aromatic heterocycles. The molecule has 0 bridgehead atoms. The Labute approximate surface area is 183 Å². The van der Waals surface area contributed by atoms with Gasteiger partial charge in [-0.25, -0.2) is 13.6 Å². The van der Waals surface area contributed by atoms with Crippen LogP contribution >= 0.6 is 11.3 Å². The molecule has 31 heavy (non-hydrogen) atoms. The third kappa shape index (κ3) is 4.20. The van der Waals surface area contributed by atoms with Crippen LogP contribution in [-0.4, -0.2) is 29.3 Å². The number of amides is 1. The second kappa shape index (κ2) is 8.77. The Kier molecular flexibility index (Phi) is 6.07. The zero-order chi connectivity index (χ0) is 22.0. The number of hydrogen-bond donors (Lipinski definition) is 1. The first-order valence-electron chi connectivity index (χ1n) is 10.1. The zero-order valence-corrected chi connectivity index (χ0v) is 17.9. The summed E-state index contributed by atoms with van der Waals surface area (Å²) in [7, 11) is 0. The van der Waals surface area contributed by atoms with Crippen molar-refractivity contribution in [2.24, 2.45) is 0 Å². The number of carbonyl (C=O) groups excluding carboxylic acids is 1. The van der Waals surface area contributed by atoms with Gasteiger partial charge in [-0.2, -0.15) is 0 Å². The van der Waals surface area contributed by atoms with Crippen LogP contribution in [0.1, 0.15) is 36.2 Å². The first kappa shape index (κ1) is 21.5. The summed E-state index contributed by atoms with van der Waals surface area (Å²) < 4.78 is 33.1. The molecule has 0 aliphatic carbocycles. The molecule has 1 aliphatic rings. The summed E-state index contributed by atoms with van der Waals surface area (Å²) in [5.74, 6) is -1.23. The SMILES string of the molecule is C[C@@H](c1ccc(-c2ccc(F)cc2F)cc1)N1CCC(CCO)(c2cccs2)OC1=O. The monoisotopic (exact) mass is 443 g/mol. The molecule has 162 valence electrons. The molecule has 0 spiro atoms. The van der Waals surface area contributed by atoms with E-state index in [1.807, 2.05) is 36.6 Å². The van der Waals surface area contributed by atoms with Crippen molar-refractivity contribution in [2.75, 3.05) is 13.2 Å². The Morgan fingerprint density at radius 1 is 1.19 bits per heavy atom. The Balaban J connectivity index is 1.51. The molecule has 1 saturated heterocycles. The molecule has 1 N–H and O–H groups in total. The number of ether oxygens (including phenoxy) is 1. The molecule has 2 atom stereocenters. The maximum Gasteiger partial charge on any atom is 0.411 e. The van der Waals surface area contributed by atoms with Gasteiger partial charge in [0.25, 0.3) is 0 Å². The molecule has 3 aromatic rings. The Morgan fingerprint density at radius 2 is 1.97 bits per heavy atom. The van der Waals surface area contributed by atoms with E-state index in [0.29, 0.717) is 30.5 Å². The molecule has 1 fully saturated rings. The lowest BCUT2D eigenvalue weighted by Crippen LogP contribution is -2.48. The molecule has 0 saturated carbocycles. The minimum absolute atomic E-state index is 0.0673. The number of aliphatic hydroxyl groups excluding tert-OH is 1. The maximum atomic E-state index is 14.1. The van der Waals surface area contributed by atoms with Crippen molar-refractivity contribution < 1.29 is 23.4 Å². The molecule has 0 radical (unpaired) electrons. The van der Waals surface area contributed by atoms with Crippen LogP contribution in [0.15, 0.2) is 60.0 Å². The summed E-state index contributed by atoms with van der Waals surface area (Å²) in [6.45, 7) is 2.34. The van der Waals surface area contributed by atoms with Crippen LogP contribution < -0.4 is 0 Å². The van der Waals surface area contributed by atoms with Crippen LogP contribution in [0.2, 0.25) is 0 Å². The third-order valence-electron chi connectivity index (χ3n) is 5.86. The van der Waals surface area contributed by atoms with Gasteiger partial charge in [0.1, 0.15) is 11.6 Å². The zero-order valence-electron chi connectivity index (χ0n) is 17.1. The smallest absolute Gasteiger partial charge is 0.411 e. The van der Waals surface area contributed by atoms with Gasteiger partial charge >= 0.3 is 6.09 Å². The minimum Gasteiger partial charge on any atom is -0.437 e. The number of halogens is 2. The third-order valence-corrected chi connectivity index (χ3v) is 6.92. The topological polar surface area (TPSA) is 49.8 Å². The normalized spacial score (nSPS) is 19.9. The van der Waals surface area contributed by atoms with Crippen LogP contribution in [0.5, 0.6) is 0 Å². The molecule has 2 heterocycles. The summed E-state index contributed by atoms with van der Waals surface area (Å²) in [5, 5.41) is 11.5. The van der Waals surface area contributed by atoms with Gasteiger partial charge < -0.3 is 14.7 Å². The minimum atomic E-state index is -0.791. The standard InChI is InChI=1S/C24H23F2NO3S/c1-16(17-4-6-18(7-5-17)20-9-8-19(25)15-21(20)26)27-12-10-24(11-13-28,30-23(27)29)22-3-2-14-31-22/h2-9,14-16,28H,10-13H2,1H3/t16-,24?/m0/s1. The van der Waals surface area contributed by atoms with E-state index in [0.717, 1.165) is 16.5 Å². The lowest BCUT2D eigenvalue weighted by molar-refractivity contribution is -0.0697. The summed E-state index contributed by atoms with van der Waals surface area (Å²) in [6, 6.07) is 14.3. The highest BCUT2D eigenvalue weighted by Crippen LogP contribution is 2.41. The molecule has 2 aromatic carbocycles. The van der Waals surface area contributed by atoms with Gasteiger partial charge in [-0.05, 0) is 41.6 Å². The maximum absolute atomic E-state index is 14.1. The largest absolute Gasteiger partial charge is 0.437 e. The first-order valence-corrected chi connectivity index (χ1v) is 11.0. The summed E-state index contributed by atoms with van der Waals surface area (Å²) in [4.78, 5) is 15.5. The van der Waals surface area contributed by atoms with E-state index in [1.165, 1.54) is 23.5 Å². The molecular weight excluding hydrogens is 420 g/mol. The summed E-state index contributed by atoms with van der Waals surface area (Å²) in [6.07, 6.45) is 0.525. The van der Waals surface area contributed by atoms with E-state index < -0.39 is 23.3 Å². The van der Waals surface area contributed by atoms with E-state index in [-0.39, 0.29) is 12.6 Å². The number of hydrogen-bond acceptors (Lipinski definition) is 4. The lowest BCUT2D eigenvalue weighted by Gasteiger charge is -2.42. The quantitative estimate of drug-likeness (QED) is 0.518. The summed E-state index contributed by atoms with van der Waals surface area (Å²) >= 11 is 1.52. The van der Waals surface area contributed by atoms with Gasteiger partial charge in [-0.1, -0.05) is 30.3 Å². The van der Waals surface area contributed by atoms with Crippen molar-refractivity contribution in [3.63, 3.8) is 0 Å². The number of rotatable bonds is 6. The number of cyclic esters (lactones) is 1. The lowest BCUT2D eigenvalue weighted by atomic mass is 9.91. The van der Waals surface area contributed by atoms with E-state index >= 15 is 0 Å². The van der Waals surface area contributed by atoms with Gasteiger partial charge in [-0.3, -0.25) is 0 Å². The fourth-order valence-corrected chi connectivity index (χ4v) is 4.98. The highest BCUT2D eigenvalue weighted by atomic mass is 32.1. The molecule has 4 rings (SSSR count). The number of thiophene rings is 1. The molecule has 4 nitrogen and oxygen atoms in total. The van der Waals surface area contributed by atoms with E-state index in [1.54, 1.807) is 17.0 Å². The van der Waals surface area contributed by atoms with Crippen molar-refractivity contribution in [2.45, 2.75) is 31.4 Å². The molecule has 1 unspecified atom stereocenters. The highest BCUT2D eigenvalue weighted by molar-refractivity contribution is 7.10. The predicted molar refractivity (Wildman–Crippen MR) is 116 cm³/mol. The Hall–Kier alpha value is -2.77. The fraction of sp³-hybridized carbons (Fsp3) is 0.292. The number of aliphatic hydroxyl groups is 1. The van der Waals surface area contributed by atoms with Crippen molar-refractivity contribution in [1.82, 2.24) is 4.90 Å². The van der Waals surface area contributed by atoms with Crippen molar-refractivity contribution in [3.8, 4) is 11.1 Å². The highest BCUT2D eigenvalue weighted by Gasteiger charge is 2.43. The Bertz CT molecular complexity index is 1060. The van der Waals surface area contributed by atoms with E-state index in [9.17, 15) is 18.7 Å². The van der Waals surface area contributed by atoms with Gasteiger partial charge in [0.05, 0.1) is 6.04 Å². The fourth-order valence-electron chi connectivity index (χ4n) is 4.06. The molecule has 7 heteroatoms. The number of carbonyl (C=O) groups is 1. The van der Waals surface area contributed by atoms with Crippen LogP contribution in [0.3, 0.4) is 0 Å².